The quantitative estimate of drug-likeness (QED) is 0.810. The molecule has 1 fully saturated rings. The Bertz CT molecular complexity index is 407. The van der Waals surface area contributed by atoms with Crippen molar-refractivity contribution in [1.29, 1.82) is 0 Å². The van der Waals surface area contributed by atoms with Crippen LogP contribution < -0.4 is 5.32 Å². The maximum Gasteiger partial charge on any atom is 0.358 e. The fourth-order valence-electron chi connectivity index (χ4n) is 1.46. The second kappa shape index (κ2) is 4.29. The topological polar surface area (TPSA) is 75.1 Å². The molecule has 2 rings (SSSR count). The highest BCUT2D eigenvalue weighted by Crippen LogP contribution is 2.46. The van der Waals surface area contributed by atoms with Gasteiger partial charge in [0.05, 0.1) is 0 Å². The third-order valence-electron chi connectivity index (χ3n) is 2.72. The Labute approximate surface area is 97.7 Å². The van der Waals surface area contributed by atoms with E-state index in [9.17, 15) is 4.79 Å². The van der Waals surface area contributed by atoms with Gasteiger partial charge in [-0.15, -0.1) is 0 Å². The van der Waals surface area contributed by atoms with Crippen molar-refractivity contribution in [2.75, 3.05) is 18.1 Å². The molecule has 6 heteroatoms. The summed E-state index contributed by atoms with van der Waals surface area (Å²) in [5, 5.41) is 12.0. The first kappa shape index (κ1) is 11.2. The molecule has 1 aliphatic rings. The van der Waals surface area contributed by atoms with Gasteiger partial charge in [0.1, 0.15) is 0 Å². The number of thioether (sulfide) groups is 1. The van der Waals surface area contributed by atoms with Gasteiger partial charge in [-0.25, -0.2) is 14.8 Å². The van der Waals surface area contributed by atoms with Gasteiger partial charge in [-0.2, -0.15) is 11.8 Å². The van der Waals surface area contributed by atoms with Gasteiger partial charge in [-0.3, -0.25) is 0 Å². The largest absolute Gasteiger partial charge is 0.476 e. The van der Waals surface area contributed by atoms with E-state index >= 15 is 0 Å². The first-order chi connectivity index (χ1) is 7.67. The summed E-state index contributed by atoms with van der Waals surface area (Å²) in [6, 6.07) is 0. The molecule has 0 bridgehead atoms. The van der Waals surface area contributed by atoms with E-state index in [2.05, 4.69) is 21.5 Å². The lowest BCUT2D eigenvalue weighted by Gasteiger charge is -2.14. The predicted octanol–water partition coefficient (Wildman–Crippen LogP) is 1.48. The van der Waals surface area contributed by atoms with Crippen LogP contribution in [-0.4, -0.2) is 38.6 Å². The Hall–Kier alpha value is -1.30. The van der Waals surface area contributed by atoms with Crippen LogP contribution in [-0.2, 0) is 0 Å². The van der Waals surface area contributed by atoms with Gasteiger partial charge >= 0.3 is 5.97 Å². The number of carbonyl (C=O) groups is 1. The van der Waals surface area contributed by atoms with Crippen molar-refractivity contribution in [3.8, 4) is 0 Å². The highest BCUT2D eigenvalue weighted by atomic mass is 32.2. The lowest BCUT2D eigenvalue weighted by Crippen LogP contribution is -2.20. The highest BCUT2D eigenvalue weighted by Gasteiger charge is 2.41. The summed E-state index contributed by atoms with van der Waals surface area (Å²) in [6.45, 7) is 0.743. The molecule has 1 aliphatic carbocycles. The molecule has 0 saturated heterocycles. The molecule has 0 amide bonds. The number of nitrogens with one attached hydrogen (secondary N) is 1. The van der Waals surface area contributed by atoms with Gasteiger partial charge in [-0.1, -0.05) is 0 Å². The fourth-order valence-corrected chi connectivity index (χ4v) is 2.19. The van der Waals surface area contributed by atoms with Crippen LogP contribution in [0.1, 0.15) is 23.3 Å². The molecule has 5 nitrogen and oxygen atoms in total. The molecule has 0 spiro atoms. The average molecular weight is 239 g/mol. The van der Waals surface area contributed by atoms with Crippen molar-refractivity contribution < 1.29 is 9.90 Å². The van der Waals surface area contributed by atoms with Crippen molar-refractivity contribution in [3.05, 3.63) is 18.1 Å². The van der Waals surface area contributed by atoms with E-state index in [1.54, 1.807) is 0 Å². The second-order valence-electron chi connectivity index (χ2n) is 3.80. The van der Waals surface area contributed by atoms with Crippen LogP contribution in [0.15, 0.2) is 12.4 Å². The minimum absolute atomic E-state index is 0.0144. The summed E-state index contributed by atoms with van der Waals surface area (Å²) in [5.41, 5.74) is -0.0144. The maximum atomic E-state index is 10.9. The van der Waals surface area contributed by atoms with Gasteiger partial charge in [0, 0.05) is 23.7 Å². The molecule has 1 saturated carbocycles. The van der Waals surface area contributed by atoms with E-state index in [-0.39, 0.29) is 10.4 Å². The summed E-state index contributed by atoms with van der Waals surface area (Å²) < 4.78 is 0.271. The van der Waals surface area contributed by atoms with Crippen LogP contribution >= 0.6 is 11.8 Å². The summed E-state index contributed by atoms with van der Waals surface area (Å²) >= 11 is 1.81. The maximum absolute atomic E-state index is 10.9. The highest BCUT2D eigenvalue weighted by molar-refractivity contribution is 8.00. The van der Waals surface area contributed by atoms with Crippen molar-refractivity contribution in [3.63, 3.8) is 0 Å². The van der Waals surface area contributed by atoms with Crippen LogP contribution in [0.4, 0.5) is 5.82 Å². The van der Waals surface area contributed by atoms with E-state index in [1.807, 2.05) is 11.8 Å². The minimum Gasteiger partial charge on any atom is -0.476 e. The van der Waals surface area contributed by atoms with Gasteiger partial charge in [0.25, 0.3) is 0 Å². The number of aromatic nitrogens is 2. The molecule has 86 valence electrons. The number of nitrogens with zero attached hydrogens (tertiary/aromatic N) is 2. The summed E-state index contributed by atoms with van der Waals surface area (Å²) in [4.78, 5) is 18.7. The predicted molar refractivity (Wildman–Crippen MR) is 63.0 cm³/mol. The minimum atomic E-state index is -1.05. The molecule has 1 aromatic heterocycles. The smallest absolute Gasteiger partial charge is 0.358 e. The molecule has 0 aliphatic heterocycles. The SMILES string of the molecule is CSC1(CNc2nccnc2C(=O)O)CC1. The van der Waals surface area contributed by atoms with Gasteiger partial charge in [0.2, 0.25) is 0 Å². The summed E-state index contributed by atoms with van der Waals surface area (Å²) in [7, 11) is 0. The van der Waals surface area contributed by atoms with Crippen LogP contribution in [0.5, 0.6) is 0 Å². The molecule has 2 N–H and O–H groups in total. The Balaban J connectivity index is 2.06. The molecule has 1 heterocycles. The lowest BCUT2D eigenvalue weighted by molar-refractivity contribution is 0.0691. The number of carboxylic acid groups (broad SMARTS) is 1. The number of carboxylic acids is 1. The number of rotatable bonds is 5. The zero-order valence-corrected chi connectivity index (χ0v) is 9.75. The molecule has 0 atom stereocenters. The van der Waals surface area contributed by atoms with Crippen LogP contribution in [0, 0.1) is 0 Å². The first-order valence-electron chi connectivity index (χ1n) is 5.00. The molecular formula is C10H13N3O2S. The molecular weight excluding hydrogens is 226 g/mol. The van der Waals surface area contributed by atoms with Crippen molar-refractivity contribution in [1.82, 2.24) is 9.97 Å². The Morgan fingerprint density at radius 1 is 1.56 bits per heavy atom. The van der Waals surface area contributed by atoms with Gasteiger partial charge in [-0.05, 0) is 19.1 Å². The summed E-state index contributed by atoms with van der Waals surface area (Å²) in [6.07, 6.45) is 7.29. The van der Waals surface area contributed by atoms with Crippen molar-refractivity contribution >= 4 is 23.5 Å². The molecule has 0 radical (unpaired) electrons. The zero-order valence-electron chi connectivity index (χ0n) is 8.93. The average Bonchev–Trinajstić information content (AvgIpc) is 3.07. The van der Waals surface area contributed by atoms with Crippen LogP contribution in [0.3, 0.4) is 0 Å². The van der Waals surface area contributed by atoms with E-state index in [4.69, 9.17) is 5.11 Å². The van der Waals surface area contributed by atoms with E-state index < -0.39 is 5.97 Å². The van der Waals surface area contributed by atoms with E-state index in [1.165, 1.54) is 25.2 Å². The number of aromatic carboxylic acids is 1. The number of anilines is 1. The normalized spacial score (nSPS) is 16.8. The lowest BCUT2D eigenvalue weighted by atomic mass is 10.3. The molecule has 0 unspecified atom stereocenters. The Morgan fingerprint density at radius 2 is 2.25 bits per heavy atom. The van der Waals surface area contributed by atoms with E-state index in [0.29, 0.717) is 5.82 Å². The first-order valence-corrected chi connectivity index (χ1v) is 6.23. The van der Waals surface area contributed by atoms with Crippen molar-refractivity contribution in [2.24, 2.45) is 0 Å². The molecule has 1 aromatic rings. The fraction of sp³-hybridized carbons (Fsp3) is 0.500. The van der Waals surface area contributed by atoms with Gasteiger partial charge < -0.3 is 10.4 Å². The van der Waals surface area contributed by atoms with Crippen molar-refractivity contribution in [2.45, 2.75) is 17.6 Å². The number of hydrogen-bond donors (Lipinski definition) is 2. The summed E-state index contributed by atoms with van der Waals surface area (Å²) in [5.74, 6) is -0.695. The van der Waals surface area contributed by atoms with Gasteiger partial charge in [0.15, 0.2) is 11.5 Å². The number of hydrogen-bond acceptors (Lipinski definition) is 5. The monoisotopic (exact) mass is 239 g/mol. The van der Waals surface area contributed by atoms with Crippen LogP contribution in [0.25, 0.3) is 0 Å². The van der Waals surface area contributed by atoms with E-state index in [0.717, 1.165) is 6.54 Å². The zero-order chi connectivity index (χ0) is 11.6. The second-order valence-corrected chi connectivity index (χ2v) is 5.07. The third kappa shape index (κ3) is 2.27. The van der Waals surface area contributed by atoms with Crippen LogP contribution in [0.2, 0.25) is 0 Å². The molecule has 16 heavy (non-hydrogen) atoms. The molecule has 0 aromatic carbocycles. The standard InChI is InChI=1S/C10H13N3O2S/c1-16-10(2-3-10)6-13-8-7(9(14)15)11-4-5-12-8/h4-5H,2-3,6H2,1H3,(H,12,13)(H,14,15). The Kier molecular flexibility index (Phi) is 3.00. The third-order valence-corrected chi connectivity index (χ3v) is 4.14. The Morgan fingerprint density at radius 3 is 2.81 bits per heavy atom.